The fraction of sp³-hybridized carbons (Fsp3) is 0.600. The van der Waals surface area contributed by atoms with Crippen molar-refractivity contribution < 1.29 is 0 Å². The number of hydrogen-bond acceptors (Lipinski definition) is 2. The van der Waals surface area contributed by atoms with Crippen LogP contribution in [0.1, 0.15) is 26.7 Å². The number of nitrogens with zero attached hydrogens (tertiary/aromatic N) is 1. The lowest BCUT2D eigenvalue weighted by Gasteiger charge is -2.35. The van der Waals surface area contributed by atoms with E-state index in [1.807, 2.05) is 0 Å². The van der Waals surface area contributed by atoms with Gasteiger partial charge in [-0.05, 0) is 50.9 Å². The molecule has 1 aromatic rings. The lowest BCUT2D eigenvalue weighted by Crippen LogP contribution is -2.41. The molecular formula is C15H24N2. The number of para-hydroxylation sites is 1. The molecule has 1 aliphatic rings. The summed E-state index contributed by atoms with van der Waals surface area (Å²) in [4.78, 5) is 2.57. The van der Waals surface area contributed by atoms with Crippen molar-refractivity contribution in [3.63, 3.8) is 0 Å². The van der Waals surface area contributed by atoms with Crippen LogP contribution in [0.2, 0.25) is 0 Å². The van der Waals surface area contributed by atoms with Crippen LogP contribution in [0.15, 0.2) is 30.3 Å². The molecule has 1 N–H and O–H groups in total. The van der Waals surface area contributed by atoms with Gasteiger partial charge in [-0.2, -0.15) is 0 Å². The molecule has 2 heteroatoms. The largest absolute Gasteiger partial charge is 0.382 e. The molecule has 1 heterocycles. The van der Waals surface area contributed by atoms with Crippen molar-refractivity contribution in [3.05, 3.63) is 30.3 Å². The maximum atomic E-state index is 3.63. The van der Waals surface area contributed by atoms with E-state index in [2.05, 4.69) is 54.4 Å². The molecule has 0 spiro atoms. The molecule has 2 rings (SSSR count). The highest BCUT2D eigenvalue weighted by molar-refractivity contribution is 5.43. The summed E-state index contributed by atoms with van der Waals surface area (Å²) in [7, 11) is 0. The highest BCUT2D eigenvalue weighted by Crippen LogP contribution is 2.22. The first-order valence-corrected chi connectivity index (χ1v) is 6.83. The average Bonchev–Trinajstić information content (AvgIpc) is 2.40. The van der Waals surface area contributed by atoms with Gasteiger partial charge in [-0.1, -0.05) is 25.1 Å². The van der Waals surface area contributed by atoms with Gasteiger partial charge in [0, 0.05) is 18.3 Å². The van der Waals surface area contributed by atoms with E-state index in [0.717, 1.165) is 5.92 Å². The molecule has 2 unspecified atom stereocenters. The molecule has 0 amide bonds. The second kappa shape index (κ2) is 6.06. The standard InChI is InChI=1S/C15H24N2/c1-3-17-11-7-8-14(12-17)13(2)16-15-9-5-4-6-10-15/h4-6,9-10,13-14,16H,3,7-8,11-12H2,1-2H3. The van der Waals surface area contributed by atoms with Crippen LogP contribution in [-0.2, 0) is 0 Å². The molecule has 1 aliphatic heterocycles. The number of anilines is 1. The average molecular weight is 232 g/mol. The van der Waals surface area contributed by atoms with E-state index in [9.17, 15) is 0 Å². The van der Waals surface area contributed by atoms with Crippen LogP contribution < -0.4 is 5.32 Å². The van der Waals surface area contributed by atoms with E-state index in [4.69, 9.17) is 0 Å². The minimum absolute atomic E-state index is 0.562. The summed E-state index contributed by atoms with van der Waals surface area (Å²) >= 11 is 0. The number of rotatable bonds is 4. The van der Waals surface area contributed by atoms with E-state index in [1.54, 1.807) is 0 Å². The Morgan fingerprint density at radius 1 is 1.35 bits per heavy atom. The molecule has 1 saturated heterocycles. The maximum Gasteiger partial charge on any atom is 0.0342 e. The molecule has 0 saturated carbocycles. The molecule has 0 bridgehead atoms. The second-order valence-corrected chi connectivity index (χ2v) is 5.09. The third-order valence-electron chi connectivity index (χ3n) is 3.86. The normalized spacial score (nSPS) is 23.3. The molecule has 0 aromatic heterocycles. The van der Waals surface area contributed by atoms with Gasteiger partial charge in [0.2, 0.25) is 0 Å². The number of hydrogen-bond donors (Lipinski definition) is 1. The monoisotopic (exact) mass is 232 g/mol. The molecule has 2 atom stereocenters. The summed E-state index contributed by atoms with van der Waals surface area (Å²) in [6.45, 7) is 8.30. The van der Waals surface area contributed by atoms with Crippen LogP contribution >= 0.6 is 0 Å². The van der Waals surface area contributed by atoms with Crippen LogP contribution in [0.3, 0.4) is 0 Å². The molecule has 0 radical (unpaired) electrons. The molecule has 2 nitrogen and oxygen atoms in total. The Balaban J connectivity index is 1.89. The smallest absolute Gasteiger partial charge is 0.0342 e. The summed E-state index contributed by atoms with van der Waals surface area (Å²) in [5.41, 5.74) is 1.24. The molecular weight excluding hydrogens is 208 g/mol. The topological polar surface area (TPSA) is 15.3 Å². The summed E-state index contributed by atoms with van der Waals surface area (Å²) in [6, 6.07) is 11.1. The third kappa shape index (κ3) is 3.47. The number of nitrogens with one attached hydrogen (secondary N) is 1. The Morgan fingerprint density at radius 3 is 2.82 bits per heavy atom. The van der Waals surface area contributed by atoms with Gasteiger partial charge >= 0.3 is 0 Å². The number of benzene rings is 1. The zero-order valence-electron chi connectivity index (χ0n) is 11.0. The summed E-state index contributed by atoms with van der Waals surface area (Å²) in [5, 5.41) is 3.63. The molecule has 17 heavy (non-hydrogen) atoms. The van der Waals surface area contributed by atoms with Crippen molar-refractivity contribution in [2.75, 3.05) is 25.0 Å². The van der Waals surface area contributed by atoms with Crippen LogP contribution in [-0.4, -0.2) is 30.6 Å². The molecule has 94 valence electrons. The Kier molecular flexibility index (Phi) is 4.43. The van der Waals surface area contributed by atoms with Gasteiger partial charge < -0.3 is 10.2 Å². The zero-order chi connectivity index (χ0) is 12.1. The molecule has 1 fully saturated rings. The Labute approximate surface area is 105 Å². The second-order valence-electron chi connectivity index (χ2n) is 5.09. The fourth-order valence-corrected chi connectivity index (χ4v) is 2.70. The molecule has 1 aromatic carbocycles. The van der Waals surface area contributed by atoms with Gasteiger partial charge in [0.15, 0.2) is 0 Å². The van der Waals surface area contributed by atoms with E-state index in [1.165, 1.54) is 38.2 Å². The summed E-state index contributed by atoms with van der Waals surface area (Å²) < 4.78 is 0. The first-order valence-electron chi connectivity index (χ1n) is 6.83. The predicted molar refractivity (Wildman–Crippen MR) is 74.4 cm³/mol. The summed E-state index contributed by atoms with van der Waals surface area (Å²) in [5.74, 6) is 0.781. The number of piperidine rings is 1. The van der Waals surface area contributed by atoms with E-state index >= 15 is 0 Å². The lowest BCUT2D eigenvalue weighted by atomic mass is 9.91. The van der Waals surface area contributed by atoms with Gasteiger partial charge in [-0.15, -0.1) is 0 Å². The Bertz CT molecular complexity index is 323. The third-order valence-corrected chi connectivity index (χ3v) is 3.86. The highest BCUT2D eigenvalue weighted by Gasteiger charge is 2.23. The Hall–Kier alpha value is -1.02. The number of likely N-dealkylation sites (tertiary alicyclic amines) is 1. The van der Waals surface area contributed by atoms with Crippen molar-refractivity contribution in [1.82, 2.24) is 4.90 Å². The van der Waals surface area contributed by atoms with E-state index < -0.39 is 0 Å². The van der Waals surface area contributed by atoms with Crippen molar-refractivity contribution in [2.24, 2.45) is 5.92 Å². The van der Waals surface area contributed by atoms with Gasteiger partial charge in [0.05, 0.1) is 0 Å². The van der Waals surface area contributed by atoms with E-state index in [-0.39, 0.29) is 0 Å². The van der Waals surface area contributed by atoms with Crippen molar-refractivity contribution >= 4 is 5.69 Å². The summed E-state index contributed by atoms with van der Waals surface area (Å²) in [6.07, 6.45) is 2.71. The lowest BCUT2D eigenvalue weighted by molar-refractivity contribution is 0.172. The highest BCUT2D eigenvalue weighted by atomic mass is 15.1. The van der Waals surface area contributed by atoms with Crippen LogP contribution in [0.25, 0.3) is 0 Å². The van der Waals surface area contributed by atoms with Crippen molar-refractivity contribution in [3.8, 4) is 0 Å². The van der Waals surface area contributed by atoms with Gasteiger partial charge in [-0.3, -0.25) is 0 Å². The first kappa shape index (κ1) is 12.4. The maximum absolute atomic E-state index is 3.63. The minimum Gasteiger partial charge on any atom is -0.382 e. The van der Waals surface area contributed by atoms with Gasteiger partial charge in [-0.25, -0.2) is 0 Å². The quantitative estimate of drug-likeness (QED) is 0.857. The zero-order valence-corrected chi connectivity index (χ0v) is 11.0. The van der Waals surface area contributed by atoms with Crippen LogP contribution in [0.5, 0.6) is 0 Å². The minimum atomic E-state index is 0.562. The van der Waals surface area contributed by atoms with Crippen molar-refractivity contribution in [1.29, 1.82) is 0 Å². The van der Waals surface area contributed by atoms with Gasteiger partial charge in [0.1, 0.15) is 0 Å². The molecule has 0 aliphatic carbocycles. The predicted octanol–water partition coefficient (Wildman–Crippen LogP) is 3.22. The van der Waals surface area contributed by atoms with Crippen molar-refractivity contribution in [2.45, 2.75) is 32.7 Å². The fourth-order valence-electron chi connectivity index (χ4n) is 2.70. The van der Waals surface area contributed by atoms with E-state index in [0.29, 0.717) is 6.04 Å². The first-order chi connectivity index (χ1) is 8.29. The van der Waals surface area contributed by atoms with Gasteiger partial charge in [0.25, 0.3) is 0 Å². The Morgan fingerprint density at radius 2 is 2.12 bits per heavy atom. The SMILES string of the molecule is CCN1CCCC(C(C)Nc2ccccc2)C1. The van der Waals surface area contributed by atoms with Crippen LogP contribution in [0, 0.1) is 5.92 Å². The van der Waals surface area contributed by atoms with Crippen LogP contribution in [0.4, 0.5) is 5.69 Å².